The number of nitrogens with one attached hydrogen (secondary N) is 2. The van der Waals surface area contributed by atoms with E-state index in [4.69, 9.17) is 9.47 Å². The minimum absolute atomic E-state index is 0. The van der Waals surface area contributed by atoms with Crippen molar-refractivity contribution in [3.63, 3.8) is 0 Å². The summed E-state index contributed by atoms with van der Waals surface area (Å²) in [7, 11) is 1.67. The predicted molar refractivity (Wildman–Crippen MR) is 107 cm³/mol. The number of hydrogen-bond donors (Lipinski definition) is 2. The zero-order valence-electron chi connectivity index (χ0n) is 14.6. The number of rotatable bonds is 9. The van der Waals surface area contributed by atoms with Crippen molar-refractivity contribution in [2.24, 2.45) is 4.99 Å². The predicted octanol–water partition coefficient (Wildman–Crippen LogP) is 3.18. The highest BCUT2D eigenvalue weighted by Crippen LogP contribution is 2.12. The summed E-state index contributed by atoms with van der Waals surface area (Å²) in [5, 5.41) is 6.65. The fourth-order valence-corrected chi connectivity index (χ4v) is 1.76. The van der Waals surface area contributed by atoms with Gasteiger partial charge in [0, 0.05) is 19.7 Å². The number of methoxy groups -OCH3 is 1. The Balaban J connectivity index is 0.00000484. The molecule has 0 radical (unpaired) electrons. The van der Waals surface area contributed by atoms with Crippen LogP contribution in [0.4, 0.5) is 0 Å². The zero-order valence-corrected chi connectivity index (χ0v) is 16.9. The molecule has 0 aliphatic rings. The van der Waals surface area contributed by atoms with Crippen molar-refractivity contribution in [3.05, 3.63) is 29.8 Å². The first kappa shape index (κ1) is 22.0. The normalized spacial score (nSPS) is 12.3. The third kappa shape index (κ3) is 9.65. The van der Waals surface area contributed by atoms with Crippen LogP contribution in [-0.4, -0.2) is 38.9 Å². The van der Waals surface area contributed by atoms with Gasteiger partial charge in [-0.1, -0.05) is 19.1 Å². The van der Waals surface area contributed by atoms with Gasteiger partial charge in [0.1, 0.15) is 12.4 Å². The molecular formula is C17H30IN3O2. The lowest BCUT2D eigenvalue weighted by molar-refractivity contribution is 0.146. The van der Waals surface area contributed by atoms with Crippen LogP contribution in [0.2, 0.25) is 0 Å². The largest absolute Gasteiger partial charge is 0.491 e. The van der Waals surface area contributed by atoms with Crippen LogP contribution in [0.1, 0.15) is 32.8 Å². The summed E-state index contributed by atoms with van der Waals surface area (Å²) in [5.41, 5.74) is 1.15. The molecule has 0 aromatic heterocycles. The Hall–Kier alpha value is -1.02. The molecular weight excluding hydrogens is 405 g/mol. The topological polar surface area (TPSA) is 54.9 Å². The lowest BCUT2D eigenvalue weighted by atomic mass is 10.2. The molecule has 0 bridgehead atoms. The van der Waals surface area contributed by atoms with Crippen LogP contribution < -0.4 is 15.4 Å². The number of aliphatic imine (C=N–C) groups is 1. The first-order valence-electron chi connectivity index (χ1n) is 7.95. The molecule has 1 aromatic rings. The van der Waals surface area contributed by atoms with Gasteiger partial charge in [-0.3, -0.25) is 0 Å². The van der Waals surface area contributed by atoms with Gasteiger partial charge in [0.05, 0.1) is 13.2 Å². The molecule has 0 saturated heterocycles. The van der Waals surface area contributed by atoms with Crippen molar-refractivity contribution >= 4 is 29.9 Å². The van der Waals surface area contributed by atoms with E-state index in [2.05, 4.69) is 36.4 Å². The third-order valence-electron chi connectivity index (χ3n) is 3.24. The van der Waals surface area contributed by atoms with Crippen molar-refractivity contribution in [2.75, 3.05) is 26.9 Å². The Kier molecular flexibility index (Phi) is 12.8. The van der Waals surface area contributed by atoms with Crippen LogP contribution >= 0.6 is 24.0 Å². The van der Waals surface area contributed by atoms with Gasteiger partial charge in [-0.15, -0.1) is 24.0 Å². The van der Waals surface area contributed by atoms with E-state index >= 15 is 0 Å². The summed E-state index contributed by atoms with van der Waals surface area (Å²) in [6.45, 7) is 9.04. The minimum atomic E-state index is 0. The number of guanidine groups is 1. The van der Waals surface area contributed by atoms with Gasteiger partial charge in [0.15, 0.2) is 5.96 Å². The fraction of sp³-hybridized carbons (Fsp3) is 0.588. The molecule has 132 valence electrons. The maximum Gasteiger partial charge on any atom is 0.191 e. The van der Waals surface area contributed by atoms with E-state index in [1.165, 1.54) is 0 Å². The molecule has 5 nitrogen and oxygen atoms in total. The van der Waals surface area contributed by atoms with Crippen LogP contribution in [0.5, 0.6) is 5.75 Å². The van der Waals surface area contributed by atoms with Crippen molar-refractivity contribution in [1.29, 1.82) is 0 Å². The van der Waals surface area contributed by atoms with Gasteiger partial charge in [-0.2, -0.15) is 0 Å². The molecule has 2 N–H and O–H groups in total. The highest BCUT2D eigenvalue weighted by molar-refractivity contribution is 14.0. The van der Waals surface area contributed by atoms with Gasteiger partial charge < -0.3 is 20.1 Å². The van der Waals surface area contributed by atoms with E-state index in [9.17, 15) is 0 Å². The lowest BCUT2D eigenvalue weighted by Gasteiger charge is -2.16. The lowest BCUT2D eigenvalue weighted by Crippen LogP contribution is -2.41. The molecule has 1 rings (SSSR count). The number of ether oxygens (including phenoxy) is 2. The Labute approximate surface area is 157 Å². The molecule has 0 saturated carbocycles. The highest BCUT2D eigenvalue weighted by Gasteiger charge is 2.02. The van der Waals surface area contributed by atoms with Crippen molar-refractivity contribution in [1.82, 2.24) is 10.6 Å². The maximum atomic E-state index is 5.55. The molecule has 0 spiro atoms. The fourth-order valence-electron chi connectivity index (χ4n) is 1.76. The van der Waals surface area contributed by atoms with E-state index in [1.54, 1.807) is 7.11 Å². The minimum Gasteiger partial charge on any atom is -0.491 e. The molecule has 6 heteroatoms. The van der Waals surface area contributed by atoms with E-state index in [0.29, 0.717) is 25.8 Å². The molecule has 0 amide bonds. The van der Waals surface area contributed by atoms with E-state index < -0.39 is 0 Å². The molecule has 23 heavy (non-hydrogen) atoms. The molecule has 1 atom stereocenters. The third-order valence-corrected chi connectivity index (χ3v) is 3.24. The van der Waals surface area contributed by atoms with Gasteiger partial charge in [-0.25, -0.2) is 4.99 Å². The van der Waals surface area contributed by atoms with Gasteiger partial charge >= 0.3 is 0 Å². The summed E-state index contributed by atoms with van der Waals surface area (Å²) >= 11 is 0. The van der Waals surface area contributed by atoms with Crippen molar-refractivity contribution < 1.29 is 9.47 Å². The molecule has 1 unspecified atom stereocenters. The van der Waals surface area contributed by atoms with Crippen molar-refractivity contribution in [2.45, 2.75) is 39.8 Å². The Morgan fingerprint density at radius 1 is 1.17 bits per heavy atom. The molecule has 0 fully saturated rings. The number of halogens is 1. The number of nitrogens with zero attached hydrogens (tertiary/aromatic N) is 1. The first-order chi connectivity index (χ1) is 10.7. The second kappa shape index (κ2) is 13.4. The number of benzene rings is 1. The Bertz CT molecular complexity index is 438. The highest BCUT2D eigenvalue weighted by atomic mass is 127. The second-order valence-electron chi connectivity index (χ2n) is 5.13. The standard InChI is InChI=1S/C17H29N3O2.HI/c1-5-14(3)20-17(18-6-2)19-13-15-7-9-16(10-8-15)22-12-11-21-4;/h7-10,14H,5-6,11-13H2,1-4H3,(H2,18,19,20);1H. The van der Waals surface area contributed by atoms with E-state index in [0.717, 1.165) is 30.2 Å². The van der Waals surface area contributed by atoms with Gasteiger partial charge in [0.25, 0.3) is 0 Å². The summed E-state index contributed by atoms with van der Waals surface area (Å²) < 4.78 is 10.5. The Morgan fingerprint density at radius 3 is 2.43 bits per heavy atom. The monoisotopic (exact) mass is 435 g/mol. The smallest absolute Gasteiger partial charge is 0.191 e. The van der Waals surface area contributed by atoms with Crippen molar-refractivity contribution in [3.8, 4) is 5.75 Å². The first-order valence-corrected chi connectivity index (χ1v) is 7.95. The van der Waals surface area contributed by atoms with Gasteiger partial charge in [-0.05, 0) is 38.0 Å². The summed E-state index contributed by atoms with van der Waals surface area (Å²) in [6.07, 6.45) is 1.07. The summed E-state index contributed by atoms with van der Waals surface area (Å²) in [6, 6.07) is 8.43. The summed E-state index contributed by atoms with van der Waals surface area (Å²) in [5.74, 6) is 1.71. The van der Waals surface area contributed by atoms with Crippen LogP contribution in [0.15, 0.2) is 29.3 Å². The molecule has 0 aliphatic heterocycles. The van der Waals surface area contributed by atoms with Crippen LogP contribution in [-0.2, 0) is 11.3 Å². The van der Waals surface area contributed by atoms with E-state index in [-0.39, 0.29) is 24.0 Å². The van der Waals surface area contributed by atoms with E-state index in [1.807, 2.05) is 24.3 Å². The molecule has 0 heterocycles. The quantitative estimate of drug-likeness (QED) is 0.271. The van der Waals surface area contributed by atoms with Crippen LogP contribution in [0.3, 0.4) is 0 Å². The van der Waals surface area contributed by atoms with Crippen LogP contribution in [0.25, 0.3) is 0 Å². The number of hydrogen-bond acceptors (Lipinski definition) is 3. The van der Waals surface area contributed by atoms with Gasteiger partial charge in [0.2, 0.25) is 0 Å². The molecule has 0 aliphatic carbocycles. The second-order valence-corrected chi connectivity index (χ2v) is 5.13. The molecule has 1 aromatic carbocycles. The maximum absolute atomic E-state index is 5.55. The average molecular weight is 435 g/mol. The average Bonchev–Trinajstić information content (AvgIpc) is 2.54. The Morgan fingerprint density at radius 2 is 1.87 bits per heavy atom. The zero-order chi connectivity index (χ0) is 16.2. The summed E-state index contributed by atoms with van der Waals surface area (Å²) in [4.78, 5) is 4.61. The van der Waals surface area contributed by atoms with Crippen LogP contribution in [0, 0.1) is 0 Å². The SMILES string of the molecule is CCNC(=NCc1ccc(OCCOC)cc1)NC(C)CC.I.